The number of ether oxygens (including phenoxy) is 1. The number of anilines is 1. The van der Waals surface area contributed by atoms with Crippen molar-refractivity contribution in [2.45, 2.75) is 43.6 Å². The molecule has 2 saturated carbocycles. The number of pyridine rings is 2. The van der Waals surface area contributed by atoms with Gasteiger partial charge in [0.1, 0.15) is 11.4 Å². The molecule has 0 spiro atoms. The summed E-state index contributed by atoms with van der Waals surface area (Å²) in [7, 11) is 1.73. The number of methoxy groups -OCH3 is 1. The molecular weight excluding hydrogens is 468 g/mol. The van der Waals surface area contributed by atoms with Gasteiger partial charge in [-0.2, -0.15) is 0 Å². The number of hydrogen-bond donors (Lipinski definition) is 1. The van der Waals surface area contributed by atoms with Crippen LogP contribution in [0.25, 0.3) is 16.6 Å². The monoisotopic (exact) mass is 494 g/mol. The zero-order valence-corrected chi connectivity index (χ0v) is 20.9. The van der Waals surface area contributed by atoms with E-state index in [4.69, 9.17) is 26.3 Å². The molecular formula is C30H27ClN4O. The lowest BCUT2D eigenvalue weighted by Gasteiger charge is -2.11. The fourth-order valence-corrected chi connectivity index (χ4v) is 5.51. The van der Waals surface area contributed by atoms with Gasteiger partial charge in [0.15, 0.2) is 0 Å². The third-order valence-electron chi connectivity index (χ3n) is 7.51. The van der Waals surface area contributed by atoms with Crippen molar-refractivity contribution in [1.82, 2.24) is 14.4 Å². The predicted molar refractivity (Wildman–Crippen MR) is 144 cm³/mol. The summed E-state index contributed by atoms with van der Waals surface area (Å²) in [5.41, 5.74) is 7.74. The van der Waals surface area contributed by atoms with Crippen LogP contribution in [0.4, 0.5) is 5.69 Å². The first-order valence-electron chi connectivity index (χ1n) is 12.6. The van der Waals surface area contributed by atoms with Crippen LogP contribution >= 0.6 is 11.6 Å². The molecule has 2 aliphatic carbocycles. The molecule has 2 fully saturated rings. The van der Waals surface area contributed by atoms with Gasteiger partial charge in [-0.25, -0.2) is 4.98 Å². The molecule has 0 bridgehead atoms. The van der Waals surface area contributed by atoms with E-state index >= 15 is 0 Å². The minimum absolute atomic E-state index is 0.386. The second-order valence-corrected chi connectivity index (χ2v) is 10.5. The Morgan fingerprint density at radius 3 is 2.72 bits per heavy atom. The molecule has 5 nitrogen and oxygen atoms in total. The summed E-state index contributed by atoms with van der Waals surface area (Å²) in [6, 6.07) is 20.9. The Hall–Kier alpha value is -3.57. The van der Waals surface area contributed by atoms with Gasteiger partial charge in [-0.1, -0.05) is 29.8 Å². The summed E-state index contributed by atoms with van der Waals surface area (Å²) in [6.45, 7) is 0.655. The van der Waals surface area contributed by atoms with Crippen LogP contribution in [0.15, 0.2) is 73.1 Å². The molecule has 2 atom stereocenters. The highest BCUT2D eigenvalue weighted by atomic mass is 35.5. The predicted octanol–water partition coefficient (Wildman–Crippen LogP) is 7.31. The fourth-order valence-electron chi connectivity index (χ4n) is 5.31. The molecule has 5 aromatic rings. The number of fused-ring (bicyclic) bond motifs is 2. The topological polar surface area (TPSA) is 51.5 Å². The van der Waals surface area contributed by atoms with E-state index in [0.717, 1.165) is 56.7 Å². The Morgan fingerprint density at radius 2 is 1.89 bits per heavy atom. The summed E-state index contributed by atoms with van der Waals surface area (Å²) in [6.07, 6.45) is 8.04. The van der Waals surface area contributed by atoms with Crippen molar-refractivity contribution in [1.29, 1.82) is 0 Å². The van der Waals surface area contributed by atoms with Crippen molar-refractivity contribution >= 4 is 33.8 Å². The molecule has 0 unspecified atom stereocenters. The zero-order valence-electron chi connectivity index (χ0n) is 20.1. The van der Waals surface area contributed by atoms with Crippen molar-refractivity contribution in [3.05, 3.63) is 101 Å². The molecule has 0 aliphatic heterocycles. The Kier molecular flexibility index (Phi) is 5.14. The van der Waals surface area contributed by atoms with Gasteiger partial charge < -0.3 is 14.5 Å². The molecule has 3 heterocycles. The second-order valence-electron chi connectivity index (χ2n) is 10.1. The highest BCUT2D eigenvalue weighted by Crippen LogP contribution is 2.55. The molecule has 2 aromatic carbocycles. The lowest BCUT2D eigenvalue weighted by Crippen LogP contribution is -2.00. The lowest BCUT2D eigenvalue weighted by atomic mass is 10.1. The summed E-state index contributed by atoms with van der Waals surface area (Å²) in [5, 5.41) is 5.34. The van der Waals surface area contributed by atoms with E-state index in [9.17, 15) is 0 Å². The maximum absolute atomic E-state index is 6.22. The minimum atomic E-state index is 0.386. The Morgan fingerprint density at radius 1 is 0.972 bits per heavy atom. The van der Waals surface area contributed by atoms with E-state index in [2.05, 4.69) is 70.6 Å². The SMILES string of the molecule is COc1cc([C@H]2C[C@@H]2c2cccc(Cl)c2)nc2cc(NCc3cn4cc(C5CC5)ccc4n3)ccc12. The quantitative estimate of drug-likeness (QED) is 0.258. The Balaban J connectivity index is 1.13. The first-order valence-corrected chi connectivity index (χ1v) is 13.0. The molecule has 180 valence electrons. The van der Waals surface area contributed by atoms with Crippen molar-refractivity contribution in [3.8, 4) is 5.75 Å². The number of benzene rings is 2. The van der Waals surface area contributed by atoms with Gasteiger partial charge in [-0.15, -0.1) is 0 Å². The van der Waals surface area contributed by atoms with Gasteiger partial charge in [0.2, 0.25) is 0 Å². The van der Waals surface area contributed by atoms with E-state index in [1.807, 2.05) is 12.1 Å². The van der Waals surface area contributed by atoms with E-state index < -0.39 is 0 Å². The average molecular weight is 495 g/mol. The molecule has 7 rings (SSSR count). The van der Waals surface area contributed by atoms with Crippen LogP contribution in [0.1, 0.15) is 59.5 Å². The first kappa shape index (κ1) is 21.7. The number of rotatable bonds is 7. The number of nitrogens with one attached hydrogen (secondary N) is 1. The maximum atomic E-state index is 6.22. The van der Waals surface area contributed by atoms with Crippen LogP contribution in [-0.4, -0.2) is 21.5 Å². The minimum Gasteiger partial charge on any atom is -0.496 e. The van der Waals surface area contributed by atoms with Crippen molar-refractivity contribution in [2.24, 2.45) is 0 Å². The van der Waals surface area contributed by atoms with E-state index in [-0.39, 0.29) is 0 Å². The Labute approximate surface area is 215 Å². The van der Waals surface area contributed by atoms with E-state index in [1.165, 1.54) is 24.0 Å². The van der Waals surface area contributed by atoms with E-state index in [1.54, 1.807) is 7.11 Å². The highest BCUT2D eigenvalue weighted by molar-refractivity contribution is 6.30. The standard InChI is InChI=1S/C30H27ClN4O/c1-36-29-14-28(26-13-25(26)19-3-2-4-21(31)11-19)34-27-12-22(8-9-24(27)29)32-15-23-17-35-16-20(18-5-6-18)7-10-30(35)33-23/h2-4,7-12,14,16-18,25-26,32H,5-6,13,15H2,1H3/t25-,26+/m1/s1. The number of hydrogen-bond acceptors (Lipinski definition) is 4. The number of imidazole rings is 1. The molecule has 1 N–H and O–H groups in total. The largest absolute Gasteiger partial charge is 0.496 e. The zero-order chi connectivity index (χ0) is 24.2. The molecule has 6 heteroatoms. The summed E-state index contributed by atoms with van der Waals surface area (Å²) >= 11 is 6.22. The van der Waals surface area contributed by atoms with Crippen LogP contribution in [0.2, 0.25) is 5.02 Å². The first-order chi connectivity index (χ1) is 17.6. The summed E-state index contributed by atoms with van der Waals surface area (Å²) in [4.78, 5) is 9.84. The molecule has 2 aliphatic rings. The average Bonchev–Trinajstić information content (AvgIpc) is 3.82. The molecule has 3 aromatic heterocycles. The van der Waals surface area contributed by atoms with Crippen molar-refractivity contribution < 1.29 is 4.74 Å². The summed E-state index contributed by atoms with van der Waals surface area (Å²) in [5.74, 6) is 2.44. The van der Waals surface area contributed by atoms with Gasteiger partial charge in [0, 0.05) is 46.2 Å². The fraction of sp³-hybridized carbons (Fsp3) is 0.267. The third kappa shape index (κ3) is 4.07. The second kappa shape index (κ2) is 8.52. The van der Waals surface area contributed by atoms with Gasteiger partial charge in [-0.05, 0) is 78.6 Å². The van der Waals surface area contributed by atoms with E-state index in [0.29, 0.717) is 18.4 Å². The number of halogens is 1. The number of aromatic nitrogens is 3. The third-order valence-corrected chi connectivity index (χ3v) is 7.74. The van der Waals surface area contributed by atoms with Crippen LogP contribution in [0, 0.1) is 0 Å². The number of nitrogens with zero attached hydrogens (tertiary/aromatic N) is 3. The van der Waals surface area contributed by atoms with Crippen LogP contribution in [0.5, 0.6) is 5.75 Å². The smallest absolute Gasteiger partial charge is 0.137 e. The summed E-state index contributed by atoms with van der Waals surface area (Å²) < 4.78 is 7.89. The van der Waals surface area contributed by atoms with Gasteiger partial charge in [0.05, 0.1) is 24.9 Å². The lowest BCUT2D eigenvalue weighted by molar-refractivity contribution is 0.419. The van der Waals surface area contributed by atoms with Gasteiger partial charge >= 0.3 is 0 Å². The van der Waals surface area contributed by atoms with Crippen LogP contribution in [0.3, 0.4) is 0 Å². The van der Waals surface area contributed by atoms with Crippen molar-refractivity contribution in [2.75, 3.05) is 12.4 Å². The van der Waals surface area contributed by atoms with Crippen LogP contribution < -0.4 is 10.1 Å². The van der Waals surface area contributed by atoms with Crippen molar-refractivity contribution in [3.63, 3.8) is 0 Å². The van der Waals surface area contributed by atoms with Gasteiger partial charge in [-0.3, -0.25) is 4.98 Å². The molecule has 0 amide bonds. The maximum Gasteiger partial charge on any atom is 0.137 e. The normalized spacial score (nSPS) is 19.1. The molecule has 0 saturated heterocycles. The highest BCUT2D eigenvalue weighted by Gasteiger charge is 2.41. The van der Waals surface area contributed by atoms with Gasteiger partial charge in [0.25, 0.3) is 0 Å². The molecule has 36 heavy (non-hydrogen) atoms. The Bertz CT molecular complexity index is 1610. The molecule has 0 radical (unpaired) electrons. The van der Waals surface area contributed by atoms with Crippen LogP contribution in [-0.2, 0) is 6.54 Å².